The molecule has 40 heavy (non-hydrogen) atoms. The molecule has 4 rings (SSSR count). The molecule has 0 aliphatic carbocycles. The van der Waals surface area contributed by atoms with E-state index >= 15 is 0 Å². The largest absolute Gasteiger partial charge is 0.522 e. The first kappa shape index (κ1) is 28.8. The SMILES string of the molecule is C[C@@H](c1nc(C(=O)Nc2cnoc2)c(O)c(=O)n1C)[C@H](c1cnn(CCOC(F)(F)F)c1)c1cc(F)ccc1Cl. The number of benzene rings is 1. The summed E-state index contributed by atoms with van der Waals surface area (Å²) in [6.07, 6.45) is 0.293. The second kappa shape index (κ2) is 11.5. The zero-order valence-electron chi connectivity index (χ0n) is 20.8. The molecule has 0 bridgehead atoms. The van der Waals surface area contributed by atoms with Crippen molar-refractivity contribution in [3.05, 3.63) is 86.9 Å². The molecule has 4 aromatic rings. The van der Waals surface area contributed by atoms with Crippen molar-refractivity contribution in [1.82, 2.24) is 24.5 Å². The second-order valence-electron chi connectivity index (χ2n) is 8.66. The summed E-state index contributed by atoms with van der Waals surface area (Å²) in [6.45, 7) is 0.668. The van der Waals surface area contributed by atoms with Gasteiger partial charge in [0.2, 0.25) is 5.75 Å². The molecule has 1 amide bonds. The number of rotatable bonds is 9. The zero-order chi connectivity index (χ0) is 29.2. The van der Waals surface area contributed by atoms with Crippen molar-refractivity contribution in [2.45, 2.75) is 31.7 Å². The molecule has 3 heterocycles. The van der Waals surface area contributed by atoms with Crippen molar-refractivity contribution >= 4 is 23.2 Å². The van der Waals surface area contributed by atoms with E-state index in [0.717, 1.165) is 16.9 Å². The normalized spacial score (nSPS) is 13.3. The van der Waals surface area contributed by atoms with Crippen molar-refractivity contribution in [1.29, 1.82) is 0 Å². The molecule has 212 valence electrons. The number of nitrogens with zero attached hydrogens (tertiary/aromatic N) is 5. The average molecular weight is 585 g/mol. The quantitative estimate of drug-likeness (QED) is 0.279. The van der Waals surface area contributed by atoms with E-state index in [-0.39, 0.29) is 28.6 Å². The molecule has 1 aromatic carbocycles. The van der Waals surface area contributed by atoms with Crippen LogP contribution in [0.2, 0.25) is 5.02 Å². The summed E-state index contributed by atoms with van der Waals surface area (Å²) in [7, 11) is 1.32. The number of nitrogens with one attached hydrogen (secondary N) is 1. The first-order chi connectivity index (χ1) is 18.9. The number of ether oxygens (including phenoxy) is 1. The van der Waals surface area contributed by atoms with Crippen molar-refractivity contribution < 1.29 is 36.7 Å². The van der Waals surface area contributed by atoms with Gasteiger partial charge in [-0.3, -0.25) is 23.6 Å². The predicted octanol–water partition coefficient (Wildman–Crippen LogP) is 4.19. The van der Waals surface area contributed by atoms with Crippen molar-refractivity contribution in [3.63, 3.8) is 0 Å². The van der Waals surface area contributed by atoms with Crippen LogP contribution in [0.5, 0.6) is 5.75 Å². The molecule has 0 aliphatic rings. The van der Waals surface area contributed by atoms with E-state index in [2.05, 4.69) is 29.8 Å². The van der Waals surface area contributed by atoms with E-state index in [1.165, 1.54) is 42.5 Å². The molecule has 0 radical (unpaired) electrons. The van der Waals surface area contributed by atoms with Gasteiger partial charge >= 0.3 is 6.36 Å². The zero-order valence-corrected chi connectivity index (χ0v) is 21.6. The van der Waals surface area contributed by atoms with E-state index in [1.54, 1.807) is 6.92 Å². The van der Waals surface area contributed by atoms with Crippen LogP contribution in [0, 0.1) is 5.82 Å². The van der Waals surface area contributed by atoms with Crippen LogP contribution in [0.3, 0.4) is 0 Å². The maximum absolute atomic E-state index is 14.3. The number of carbonyl (C=O) groups excluding carboxylic acids is 1. The number of alkyl halides is 3. The smallest absolute Gasteiger partial charge is 0.501 e. The summed E-state index contributed by atoms with van der Waals surface area (Å²) in [6, 6.07) is 3.65. The van der Waals surface area contributed by atoms with Crippen molar-refractivity contribution in [3.8, 4) is 5.75 Å². The molecule has 0 spiro atoms. The van der Waals surface area contributed by atoms with Crippen LogP contribution in [0.4, 0.5) is 23.2 Å². The van der Waals surface area contributed by atoms with Gasteiger partial charge in [-0.15, -0.1) is 13.2 Å². The van der Waals surface area contributed by atoms with Gasteiger partial charge in [-0.1, -0.05) is 23.7 Å². The number of aromatic hydroxyl groups is 1. The number of amides is 1. The van der Waals surface area contributed by atoms with Gasteiger partial charge in [0.15, 0.2) is 5.69 Å². The van der Waals surface area contributed by atoms with E-state index in [4.69, 9.17) is 11.6 Å². The first-order valence-electron chi connectivity index (χ1n) is 11.5. The van der Waals surface area contributed by atoms with Crippen molar-refractivity contribution in [2.75, 3.05) is 11.9 Å². The van der Waals surface area contributed by atoms with Crippen molar-refractivity contribution in [2.24, 2.45) is 7.05 Å². The number of aromatic nitrogens is 5. The standard InChI is InChI=1S/C24H21ClF4N6O5/c1-12(21-33-19(20(36)23(38)34(21)2)22(37)32-15-9-31-40-11-15)18(16-7-14(26)3-4-17(16)25)13-8-30-35(10-13)5-6-39-24(27,28)29/h3-4,7-12,18,36H,5-6H2,1-2H3,(H,32,37)/t12-,18-/m1/s1. The Morgan fingerprint density at radius 1 is 1.30 bits per heavy atom. The monoisotopic (exact) mass is 584 g/mol. The van der Waals surface area contributed by atoms with Crippen LogP contribution >= 0.6 is 11.6 Å². The summed E-state index contributed by atoms with van der Waals surface area (Å²) in [5.41, 5.74) is -0.720. The molecule has 0 aliphatic heterocycles. The number of halogens is 5. The van der Waals surface area contributed by atoms with Gasteiger partial charge in [-0.25, -0.2) is 9.37 Å². The highest BCUT2D eigenvalue weighted by atomic mass is 35.5. The van der Waals surface area contributed by atoms with Crippen LogP contribution in [0.25, 0.3) is 0 Å². The summed E-state index contributed by atoms with van der Waals surface area (Å²) < 4.78 is 62.2. The summed E-state index contributed by atoms with van der Waals surface area (Å²) in [5, 5.41) is 20.5. The highest BCUT2D eigenvalue weighted by Gasteiger charge is 2.32. The highest BCUT2D eigenvalue weighted by Crippen LogP contribution is 2.41. The summed E-state index contributed by atoms with van der Waals surface area (Å²) in [5.74, 6) is -4.11. The Morgan fingerprint density at radius 3 is 2.73 bits per heavy atom. The van der Waals surface area contributed by atoms with E-state index < -0.39 is 53.5 Å². The fourth-order valence-electron chi connectivity index (χ4n) is 4.19. The lowest BCUT2D eigenvalue weighted by atomic mass is 9.82. The molecule has 0 fully saturated rings. The molecule has 3 aromatic heterocycles. The lowest BCUT2D eigenvalue weighted by Crippen LogP contribution is -2.29. The van der Waals surface area contributed by atoms with E-state index in [9.17, 15) is 32.3 Å². The fraction of sp³-hybridized carbons (Fsp3) is 0.292. The minimum absolute atomic E-state index is 0.0109. The molecule has 2 N–H and O–H groups in total. The Bertz CT molecular complexity index is 1570. The maximum Gasteiger partial charge on any atom is 0.522 e. The van der Waals surface area contributed by atoms with Crippen LogP contribution < -0.4 is 10.9 Å². The van der Waals surface area contributed by atoms with Crippen LogP contribution in [-0.4, -0.2) is 48.5 Å². The Morgan fingerprint density at radius 2 is 2.05 bits per heavy atom. The van der Waals surface area contributed by atoms with Crippen LogP contribution in [0.1, 0.15) is 46.2 Å². The van der Waals surface area contributed by atoms with Crippen LogP contribution in [-0.2, 0) is 18.3 Å². The van der Waals surface area contributed by atoms with E-state index in [0.29, 0.717) is 5.56 Å². The molecular weight excluding hydrogens is 564 g/mol. The fourth-order valence-corrected chi connectivity index (χ4v) is 4.42. The first-order valence-corrected chi connectivity index (χ1v) is 11.9. The van der Waals surface area contributed by atoms with Gasteiger partial charge in [0, 0.05) is 30.1 Å². The Hall–Kier alpha value is -4.24. The second-order valence-corrected chi connectivity index (χ2v) is 9.07. The van der Waals surface area contributed by atoms with Gasteiger partial charge in [0.05, 0.1) is 25.5 Å². The van der Waals surface area contributed by atoms with Gasteiger partial charge in [0.1, 0.15) is 23.6 Å². The Labute approximate surface area is 227 Å². The molecule has 0 saturated carbocycles. The third-order valence-electron chi connectivity index (χ3n) is 6.01. The average Bonchev–Trinajstić information content (AvgIpc) is 3.56. The molecule has 0 unspecified atom stereocenters. The number of hydrogen-bond acceptors (Lipinski definition) is 8. The highest BCUT2D eigenvalue weighted by molar-refractivity contribution is 6.31. The molecule has 2 atom stereocenters. The van der Waals surface area contributed by atoms with Gasteiger partial charge < -0.3 is 14.9 Å². The Balaban J connectivity index is 1.77. The third kappa shape index (κ3) is 6.31. The third-order valence-corrected chi connectivity index (χ3v) is 6.35. The van der Waals surface area contributed by atoms with Crippen LogP contribution in [0.15, 0.2) is 52.4 Å². The number of carbonyl (C=O) groups is 1. The topological polar surface area (TPSA) is 137 Å². The summed E-state index contributed by atoms with van der Waals surface area (Å²) in [4.78, 5) is 30.0. The minimum atomic E-state index is -4.81. The molecule has 11 nitrogen and oxygen atoms in total. The lowest BCUT2D eigenvalue weighted by molar-refractivity contribution is -0.325. The number of anilines is 1. The molecule has 16 heteroatoms. The van der Waals surface area contributed by atoms with Gasteiger partial charge in [0.25, 0.3) is 11.5 Å². The number of hydrogen-bond donors (Lipinski definition) is 2. The Kier molecular flexibility index (Phi) is 8.25. The summed E-state index contributed by atoms with van der Waals surface area (Å²) >= 11 is 6.42. The van der Waals surface area contributed by atoms with Gasteiger partial charge in [-0.2, -0.15) is 5.10 Å². The molecular formula is C24H21ClF4N6O5. The minimum Gasteiger partial charge on any atom is -0.501 e. The maximum atomic E-state index is 14.3. The van der Waals surface area contributed by atoms with E-state index in [1.807, 2.05) is 0 Å². The lowest BCUT2D eigenvalue weighted by Gasteiger charge is -2.26. The van der Waals surface area contributed by atoms with Gasteiger partial charge in [-0.05, 0) is 29.3 Å². The molecule has 0 saturated heterocycles. The predicted molar refractivity (Wildman–Crippen MR) is 132 cm³/mol.